The number of aryl methyl sites for hydroxylation is 1. The lowest BCUT2D eigenvalue weighted by molar-refractivity contribution is 0.0600. The molecule has 0 saturated heterocycles. The number of aromatic nitrogens is 2. The molecule has 7 nitrogen and oxygen atoms in total. The molecule has 1 N–H and O–H groups in total. The number of fused-ring (bicyclic) bond motifs is 1. The molecule has 0 aromatic carbocycles. The number of halogens is 1. The fourth-order valence-corrected chi connectivity index (χ4v) is 4.23. The van der Waals surface area contributed by atoms with E-state index >= 15 is 0 Å². The van der Waals surface area contributed by atoms with Crippen molar-refractivity contribution in [2.75, 3.05) is 19.0 Å². The SMILES string of the molecule is COC(=O)c1c(NC(=O)c2ccn(C)n2)sc2c1CCN(C(C)C)C2.Cl. The topological polar surface area (TPSA) is 76.5 Å². The molecule has 0 aliphatic carbocycles. The van der Waals surface area contributed by atoms with Crippen LogP contribution in [0.1, 0.15) is 45.1 Å². The van der Waals surface area contributed by atoms with Crippen molar-refractivity contribution < 1.29 is 14.3 Å². The first-order valence-corrected chi connectivity index (χ1v) is 9.00. The van der Waals surface area contributed by atoms with Crippen molar-refractivity contribution in [1.29, 1.82) is 0 Å². The van der Waals surface area contributed by atoms with Gasteiger partial charge < -0.3 is 10.1 Å². The van der Waals surface area contributed by atoms with Gasteiger partial charge in [-0.2, -0.15) is 5.10 Å². The Hall–Kier alpha value is -1.90. The fourth-order valence-electron chi connectivity index (χ4n) is 2.97. The number of hydrogen-bond donors (Lipinski definition) is 1. The number of hydrogen-bond acceptors (Lipinski definition) is 6. The zero-order chi connectivity index (χ0) is 18.1. The number of methoxy groups -OCH3 is 1. The van der Waals surface area contributed by atoms with Crippen LogP contribution in [0.5, 0.6) is 0 Å². The first-order chi connectivity index (χ1) is 11.9. The Morgan fingerprint density at radius 3 is 2.69 bits per heavy atom. The summed E-state index contributed by atoms with van der Waals surface area (Å²) in [4.78, 5) is 28.2. The zero-order valence-electron chi connectivity index (χ0n) is 15.2. The van der Waals surface area contributed by atoms with Gasteiger partial charge in [0.1, 0.15) is 5.00 Å². The Morgan fingerprint density at radius 2 is 2.12 bits per heavy atom. The third-order valence-corrected chi connectivity index (χ3v) is 5.51. The first kappa shape index (κ1) is 20.4. The van der Waals surface area contributed by atoms with E-state index in [9.17, 15) is 9.59 Å². The minimum absolute atomic E-state index is 0. The number of anilines is 1. The van der Waals surface area contributed by atoms with E-state index in [2.05, 4.69) is 29.2 Å². The number of amides is 1. The van der Waals surface area contributed by atoms with Crippen molar-refractivity contribution in [3.8, 4) is 0 Å². The lowest BCUT2D eigenvalue weighted by Crippen LogP contribution is -2.35. The van der Waals surface area contributed by atoms with Crippen LogP contribution >= 0.6 is 23.7 Å². The molecule has 0 atom stereocenters. The van der Waals surface area contributed by atoms with Gasteiger partial charge in [0.05, 0.1) is 12.7 Å². The minimum Gasteiger partial charge on any atom is -0.465 e. The molecule has 0 fully saturated rings. The van der Waals surface area contributed by atoms with E-state index in [1.165, 1.54) is 18.4 Å². The summed E-state index contributed by atoms with van der Waals surface area (Å²) in [6.07, 6.45) is 2.48. The van der Waals surface area contributed by atoms with Crippen LogP contribution in [0.3, 0.4) is 0 Å². The van der Waals surface area contributed by atoms with Gasteiger partial charge in [0, 0.05) is 37.3 Å². The molecule has 1 amide bonds. The number of ether oxygens (including phenoxy) is 1. The van der Waals surface area contributed by atoms with E-state index in [4.69, 9.17) is 4.74 Å². The second-order valence-electron chi connectivity index (χ2n) is 6.34. The number of carbonyl (C=O) groups is 2. The predicted molar refractivity (Wildman–Crippen MR) is 103 cm³/mol. The number of carbonyl (C=O) groups excluding carboxylic acids is 2. The highest BCUT2D eigenvalue weighted by Crippen LogP contribution is 2.38. The molecule has 3 rings (SSSR count). The number of esters is 1. The van der Waals surface area contributed by atoms with E-state index in [0.29, 0.717) is 22.3 Å². The van der Waals surface area contributed by atoms with Crippen LogP contribution in [-0.2, 0) is 24.8 Å². The van der Waals surface area contributed by atoms with Gasteiger partial charge in [-0.15, -0.1) is 23.7 Å². The molecule has 0 radical (unpaired) electrons. The second-order valence-corrected chi connectivity index (χ2v) is 7.45. The molecule has 2 aromatic heterocycles. The second kappa shape index (κ2) is 8.20. The van der Waals surface area contributed by atoms with Crippen molar-refractivity contribution in [3.05, 3.63) is 34.0 Å². The van der Waals surface area contributed by atoms with E-state index in [1.807, 2.05) is 0 Å². The highest BCUT2D eigenvalue weighted by atomic mass is 35.5. The lowest BCUT2D eigenvalue weighted by atomic mass is 10.0. The minimum atomic E-state index is -0.410. The van der Waals surface area contributed by atoms with Gasteiger partial charge in [-0.05, 0) is 31.9 Å². The van der Waals surface area contributed by atoms with Gasteiger partial charge in [0.2, 0.25) is 0 Å². The van der Waals surface area contributed by atoms with Crippen LogP contribution in [-0.4, -0.2) is 46.3 Å². The molecular formula is C17H23ClN4O3S. The molecule has 142 valence electrons. The molecule has 0 unspecified atom stereocenters. The standard InChI is InChI=1S/C17H22N4O3S.ClH/c1-10(2)21-8-5-11-13(9-21)25-16(14(11)17(23)24-4)18-15(22)12-6-7-20(3)19-12;/h6-7,10H,5,8-9H2,1-4H3,(H,18,22);1H. The maximum Gasteiger partial charge on any atom is 0.341 e. The van der Waals surface area contributed by atoms with Crippen LogP contribution in [0.4, 0.5) is 5.00 Å². The van der Waals surface area contributed by atoms with Crippen molar-refractivity contribution in [2.45, 2.75) is 32.9 Å². The van der Waals surface area contributed by atoms with Crippen molar-refractivity contribution in [2.24, 2.45) is 7.05 Å². The van der Waals surface area contributed by atoms with Crippen LogP contribution in [0.2, 0.25) is 0 Å². The number of nitrogens with zero attached hydrogens (tertiary/aromatic N) is 3. The summed E-state index contributed by atoms with van der Waals surface area (Å²) in [5, 5.41) is 7.48. The van der Waals surface area contributed by atoms with Gasteiger partial charge in [0.15, 0.2) is 5.69 Å². The Kier molecular flexibility index (Phi) is 6.44. The monoisotopic (exact) mass is 398 g/mol. The quantitative estimate of drug-likeness (QED) is 0.801. The van der Waals surface area contributed by atoms with Gasteiger partial charge >= 0.3 is 5.97 Å². The molecule has 0 saturated carbocycles. The van der Waals surface area contributed by atoms with Crippen molar-refractivity contribution in [3.63, 3.8) is 0 Å². The summed E-state index contributed by atoms with van der Waals surface area (Å²) in [6.45, 7) is 5.98. The highest BCUT2D eigenvalue weighted by Gasteiger charge is 2.30. The smallest absolute Gasteiger partial charge is 0.341 e. The van der Waals surface area contributed by atoms with Crippen LogP contribution in [0.25, 0.3) is 0 Å². The molecule has 2 aromatic rings. The average Bonchev–Trinajstić information content (AvgIpc) is 3.16. The largest absolute Gasteiger partial charge is 0.465 e. The Morgan fingerprint density at radius 1 is 1.38 bits per heavy atom. The van der Waals surface area contributed by atoms with Crippen LogP contribution in [0.15, 0.2) is 12.3 Å². The van der Waals surface area contributed by atoms with Gasteiger partial charge in [-0.25, -0.2) is 4.79 Å². The van der Waals surface area contributed by atoms with E-state index in [1.54, 1.807) is 24.0 Å². The fraction of sp³-hybridized carbons (Fsp3) is 0.471. The van der Waals surface area contributed by atoms with Gasteiger partial charge in [-0.1, -0.05) is 0 Å². The molecular weight excluding hydrogens is 376 g/mol. The molecule has 0 bridgehead atoms. The predicted octanol–water partition coefficient (Wildman–Crippen LogP) is 2.71. The van der Waals surface area contributed by atoms with E-state index in [-0.39, 0.29) is 18.3 Å². The average molecular weight is 399 g/mol. The Labute approximate surface area is 162 Å². The highest BCUT2D eigenvalue weighted by molar-refractivity contribution is 7.17. The molecule has 1 aliphatic heterocycles. The molecule has 1 aliphatic rings. The van der Waals surface area contributed by atoms with Crippen LogP contribution < -0.4 is 5.32 Å². The third-order valence-electron chi connectivity index (χ3n) is 4.38. The summed E-state index contributed by atoms with van der Waals surface area (Å²) in [5.74, 6) is -0.739. The van der Waals surface area contributed by atoms with Crippen molar-refractivity contribution in [1.82, 2.24) is 14.7 Å². The molecule has 3 heterocycles. The molecule has 9 heteroatoms. The van der Waals surface area contributed by atoms with E-state index in [0.717, 1.165) is 30.0 Å². The van der Waals surface area contributed by atoms with Crippen molar-refractivity contribution >= 4 is 40.6 Å². The maximum atomic E-state index is 12.4. The van der Waals surface area contributed by atoms with Crippen LogP contribution in [0, 0.1) is 0 Å². The first-order valence-electron chi connectivity index (χ1n) is 8.18. The summed E-state index contributed by atoms with van der Waals surface area (Å²) in [6, 6.07) is 2.07. The molecule has 26 heavy (non-hydrogen) atoms. The summed E-state index contributed by atoms with van der Waals surface area (Å²) < 4.78 is 6.52. The van der Waals surface area contributed by atoms with Gasteiger partial charge in [-0.3, -0.25) is 14.4 Å². The summed E-state index contributed by atoms with van der Waals surface area (Å²) in [5.41, 5.74) is 1.79. The Balaban J connectivity index is 0.00000243. The van der Waals surface area contributed by atoms with E-state index < -0.39 is 5.97 Å². The molecule has 0 spiro atoms. The summed E-state index contributed by atoms with van der Waals surface area (Å²) in [7, 11) is 3.11. The third kappa shape index (κ3) is 3.92. The number of thiophene rings is 1. The lowest BCUT2D eigenvalue weighted by Gasteiger charge is -2.30. The Bertz CT molecular complexity index is 815. The summed E-state index contributed by atoms with van der Waals surface area (Å²) >= 11 is 1.45. The van der Waals surface area contributed by atoms with Gasteiger partial charge in [0.25, 0.3) is 5.91 Å². The normalized spacial score (nSPS) is 13.9. The number of rotatable bonds is 4. The number of nitrogens with one attached hydrogen (secondary N) is 1. The zero-order valence-corrected chi connectivity index (χ0v) is 16.9. The maximum absolute atomic E-state index is 12.4.